The van der Waals surface area contributed by atoms with Gasteiger partial charge in [0.2, 0.25) is 0 Å². The number of rotatable bonds is 4. The Labute approximate surface area is 118 Å². The SMILES string of the molecule is C[C@@H](Oc1cccc(F)c1)c1cccc(N2CCC2)n1. The molecule has 1 saturated heterocycles. The van der Waals surface area contributed by atoms with Crippen LogP contribution in [-0.2, 0) is 0 Å². The second-order valence-electron chi connectivity index (χ2n) is 4.98. The van der Waals surface area contributed by atoms with Gasteiger partial charge in [0.25, 0.3) is 0 Å². The molecule has 4 heteroatoms. The Morgan fingerprint density at radius 3 is 2.70 bits per heavy atom. The Balaban J connectivity index is 1.74. The highest BCUT2D eigenvalue weighted by atomic mass is 19.1. The average Bonchev–Trinajstić information content (AvgIpc) is 2.37. The number of halogens is 1. The van der Waals surface area contributed by atoms with Crippen molar-refractivity contribution >= 4 is 5.82 Å². The summed E-state index contributed by atoms with van der Waals surface area (Å²) in [7, 11) is 0. The van der Waals surface area contributed by atoms with Crippen molar-refractivity contribution in [3.8, 4) is 5.75 Å². The van der Waals surface area contributed by atoms with Crippen LogP contribution in [0.2, 0.25) is 0 Å². The van der Waals surface area contributed by atoms with Crippen LogP contribution in [-0.4, -0.2) is 18.1 Å². The number of anilines is 1. The van der Waals surface area contributed by atoms with E-state index >= 15 is 0 Å². The molecule has 0 unspecified atom stereocenters. The van der Waals surface area contributed by atoms with Gasteiger partial charge < -0.3 is 9.64 Å². The first-order chi connectivity index (χ1) is 9.72. The zero-order chi connectivity index (χ0) is 13.9. The third kappa shape index (κ3) is 2.74. The maximum Gasteiger partial charge on any atom is 0.138 e. The van der Waals surface area contributed by atoms with Gasteiger partial charge >= 0.3 is 0 Å². The van der Waals surface area contributed by atoms with Crippen molar-refractivity contribution < 1.29 is 9.13 Å². The third-order valence-electron chi connectivity index (χ3n) is 3.46. The van der Waals surface area contributed by atoms with E-state index in [2.05, 4.69) is 9.88 Å². The molecule has 1 aliphatic heterocycles. The summed E-state index contributed by atoms with van der Waals surface area (Å²) in [6.45, 7) is 4.05. The predicted octanol–water partition coefficient (Wildman–Crippen LogP) is 3.57. The fourth-order valence-electron chi connectivity index (χ4n) is 2.19. The van der Waals surface area contributed by atoms with E-state index in [0.717, 1.165) is 24.6 Å². The van der Waals surface area contributed by atoms with Gasteiger partial charge in [-0.2, -0.15) is 0 Å². The highest BCUT2D eigenvalue weighted by Crippen LogP contribution is 2.24. The molecule has 1 aromatic carbocycles. The fourth-order valence-corrected chi connectivity index (χ4v) is 2.19. The van der Waals surface area contributed by atoms with Gasteiger partial charge in [0.15, 0.2) is 0 Å². The molecule has 1 aliphatic rings. The molecular formula is C16H17FN2O. The van der Waals surface area contributed by atoms with Gasteiger partial charge in [-0.15, -0.1) is 0 Å². The summed E-state index contributed by atoms with van der Waals surface area (Å²) in [6, 6.07) is 12.1. The molecule has 0 bridgehead atoms. The van der Waals surface area contributed by atoms with Crippen molar-refractivity contribution in [3.05, 3.63) is 54.0 Å². The van der Waals surface area contributed by atoms with Crippen molar-refractivity contribution in [2.24, 2.45) is 0 Å². The number of nitrogens with zero attached hydrogens (tertiary/aromatic N) is 2. The summed E-state index contributed by atoms with van der Waals surface area (Å²) in [4.78, 5) is 6.85. The summed E-state index contributed by atoms with van der Waals surface area (Å²) >= 11 is 0. The molecule has 2 heterocycles. The molecule has 104 valence electrons. The van der Waals surface area contributed by atoms with Gasteiger partial charge in [0.05, 0.1) is 5.69 Å². The minimum atomic E-state index is -0.294. The lowest BCUT2D eigenvalue weighted by Gasteiger charge is -2.32. The molecule has 0 N–H and O–H groups in total. The predicted molar refractivity (Wildman–Crippen MR) is 76.5 cm³/mol. The van der Waals surface area contributed by atoms with Crippen LogP contribution in [0, 0.1) is 5.82 Å². The van der Waals surface area contributed by atoms with Gasteiger partial charge in [-0.3, -0.25) is 0 Å². The lowest BCUT2D eigenvalue weighted by molar-refractivity contribution is 0.221. The van der Waals surface area contributed by atoms with Crippen LogP contribution in [0.3, 0.4) is 0 Å². The lowest BCUT2D eigenvalue weighted by atomic mass is 10.2. The molecule has 0 aliphatic carbocycles. The zero-order valence-electron chi connectivity index (χ0n) is 11.4. The molecule has 0 saturated carbocycles. The molecule has 3 nitrogen and oxygen atoms in total. The Hall–Kier alpha value is -2.10. The highest BCUT2D eigenvalue weighted by molar-refractivity contribution is 5.41. The third-order valence-corrected chi connectivity index (χ3v) is 3.46. The second kappa shape index (κ2) is 5.49. The summed E-state index contributed by atoms with van der Waals surface area (Å²) in [5.41, 5.74) is 0.860. The van der Waals surface area contributed by atoms with Crippen LogP contribution in [0.4, 0.5) is 10.2 Å². The number of hydrogen-bond acceptors (Lipinski definition) is 3. The number of hydrogen-bond donors (Lipinski definition) is 0. The van der Waals surface area contributed by atoms with E-state index in [-0.39, 0.29) is 11.9 Å². The smallest absolute Gasteiger partial charge is 0.138 e. The Morgan fingerprint density at radius 1 is 1.20 bits per heavy atom. The van der Waals surface area contributed by atoms with E-state index in [1.165, 1.54) is 18.6 Å². The number of pyridine rings is 1. The maximum atomic E-state index is 13.1. The summed E-state index contributed by atoms with van der Waals surface area (Å²) < 4.78 is 18.9. The molecule has 1 atom stereocenters. The number of ether oxygens (including phenoxy) is 1. The van der Waals surface area contributed by atoms with Crippen molar-refractivity contribution in [1.29, 1.82) is 0 Å². The van der Waals surface area contributed by atoms with Crippen molar-refractivity contribution in [3.63, 3.8) is 0 Å². The van der Waals surface area contributed by atoms with Crippen LogP contribution in [0.25, 0.3) is 0 Å². The van der Waals surface area contributed by atoms with E-state index in [4.69, 9.17) is 4.74 Å². The van der Waals surface area contributed by atoms with Gasteiger partial charge in [0.1, 0.15) is 23.5 Å². The van der Waals surface area contributed by atoms with E-state index < -0.39 is 0 Å². The molecule has 0 amide bonds. The number of benzene rings is 1. The lowest BCUT2D eigenvalue weighted by Crippen LogP contribution is -2.37. The molecule has 2 aromatic rings. The Bertz CT molecular complexity index is 599. The molecular weight excluding hydrogens is 255 g/mol. The first-order valence-corrected chi connectivity index (χ1v) is 6.86. The monoisotopic (exact) mass is 272 g/mol. The van der Waals surface area contributed by atoms with E-state index in [1.807, 2.05) is 25.1 Å². The first kappa shape index (κ1) is 12.9. The van der Waals surface area contributed by atoms with Crippen molar-refractivity contribution in [2.75, 3.05) is 18.0 Å². The first-order valence-electron chi connectivity index (χ1n) is 6.86. The normalized spacial score (nSPS) is 15.6. The van der Waals surface area contributed by atoms with Crippen molar-refractivity contribution in [2.45, 2.75) is 19.4 Å². The molecule has 3 rings (SSSR count). The van der Waals surface area contributed by atoms with E-state index in [1.54, 1.807) is 12.1 Å². The summed E-state index contributed by atoms with van der Waals surface area (Å²) in [6.07, 6.45) is 1.01. The van der Waals surface area contributed by atoms with Gasteiger partial charge in [-0.25, -0.2) is 9.37 Å². The maximum absolute atomic E-state index is 13.1. The zero-order valence-corrected chi connectivity index (χ0v) is 11.4. The van der Waals surface area contributed by atoms with Gasteiger partial charge in [-0.05, 0) is 37.6 Å². The van der Waals surface area contributed by atoms with E-state index in [0.29, 0.717) is 5.75 Å². The van der Waals surface area contributed by atoms with Crippen LogP contribution in [0.1, 0.15) is 25.1 Å². The number of aromatic nitrogens is 1. The Kier molecular flexibility index (Phi) is 3.54. The minimum Gasteiger partial charge on any atom is -0.484 e. The molecule has 1 fully saturated rings. The molecule has 0 spiro atoms. The molecule has 1 aromatic heterocycles. The van der Waals surface area contributed by atoms with E-state index in [9.17, 15) is 4.39 Å². The molecule has 0 radical (unpaired) electrons. The summed E-state index contributed by atoms with van der Waals surface area (Å²) in [5, 5.41) is 0. The minimum absolute atomic E-state index is 0.210. The Morgan fingerprint density at radius 2 is 2.00 bits per heavy atom. The largest absolute Gasteiger partial charge is 0.484 e. The van der Waals surface area contributed by atoms with Crippen LogP contribution in [0.5, 0.6) is 5.75 Å². The van der Waals surface area contributed by atoms with Crippen LogP contribution < -0.4 is 9.64 Å². The standard InChI is InChI=1S/C16H17FN2O/c1-12(20-14-6-2-5-13(17)11-14)15-7-3-8-16(18-15)19-9-4-10-19/h2-3,5-8,11-12H,4,9-10H2,1H3/t12-/m1/s1. The fraction of sp³-hybridized carbons (Fsp3) is 0.312. The van der Waals surface area contributed by atoms with Crippen LogP contribution >= 0.6 is 0 Å². The molecule has 20 heavy (non-hydrogen) atoms. The second-order valence-corrected chi connectivity index (χ2v) is 4.98. The summed E-state index contributed by atoms with van der Waals surface area (Å²) in [5.74, 6) is 1.22. The average molecular weight is 272 g/mol. The topological polar surface area (TPSA) is 25.4 Å². The van der Waals surface area contributed by atoms with Crippen LogP contribution in [0.15, 0.2) is 42.5 Å². The highest BCUT2D eigenvalue weighted by Gasteiger charge is 2.17. The quantitative estimate of drug-likeness (QED) is 0.850. The van der Waals surface area contributed by atoms with Crippen molar-refractivity contribution in [1.82, 2.24) is 4.98 Å². The van der Waals surface area contributed by atoms with Gasteiger partial charge in [-0.1, -0.05) is 12.1 Å². The van der Waals surface area contributed by atoms with Gasteiger partial charge in [0, 0.05) is 19.2 Å².